The zero-order valence-corrected chi connectivity index (χ0v) is 16.6. The molecule has 0 N–H and O–H groups in total. The fraction of sp³-hybridized carbons (Fsp3) is 0.955. The second-order valence-electron chi connectivity index (χ2n) is 9.33. The van der Waals surface area contributed by atoms with Gasteiger partial charge in [-0.3, -0.25) is 9.69 Å². The highest BCUT2D eigenvalue weighted by atomic mass is 16.6. The monoisotopic (exact) mass is 363 g/mol. The van der Waals surface area contributed by atoms with E-state index in [1.165, 1.54) is 57.9 Å². The van der Waals surface area contributed by atoms with Crippen molar-refractivity contribution in [1.29, 1.82) is 0 Å². The van der Waals surface area contributed by atoms with Gasteiger partial charge >= 0.3 is 5.97 Å². The van der Waals surface area contributed by atoms with Crippen LogP contribution < -0.4 is 0 Å². The Morgan fingerprint density at radius 3 is 2.38 bits per heavy atom. The van der Waals surface area contributed by atoms with Crippen LogP contribution in [0.3, 0.4) is 0 Å². The summed E-state index contributed by atoms with van der Waals surface area (Å²) in [5, 5.41) is 0. The Morgan fingerprint density at radius 2 is 1.69 bits per heavy atom. The molecular weight excluding hydrogens is 326 g/mol. The number of fused-ring (bicyclic) bond motifs is 1. The van der Waals surface area contributed by atoms with Crippen molar-refractivity contribution < 1.29 is 14.3 Å². The SMILES string of the molecule is COC1CCC(CC(=O)OC2(C3CCCCC3)CN3CCCCC32)CC1. The number of hydrogen-bond donors (Lipinski definition) is 0. The third-order valence-corrected chi connectivity index (χ3v) is 7.81. The number of carbonyl (C=O) groups is 1. The number of nitrogens with zero attached hydrogens (tertiary/aromatic N) is 1. The summed E-state index contributed by atoms with van der Waals surface area (Å²) in [5.41, 5.74) is -0.151. The molecule has 4 aliphatic rings. The molecule has 0 radical (unpaired) electrons. The highest BCUT2D eigenvalue weighted by Crippen LogP contribution is 2.49. The van der Waals surface area contributed by atoms with E-state index in [1.807, 2.05) is 0 Å². The van der Waals surface area contributed by atoms with Gasteiger partial charge in [0.1, 0.15) is 5.60 Å². The summed E-state index contributed by atoms with van der Waals surface area (Å²) in [4.78, 5) is 15.5. The molecule has 2 saturated carbocycles. The summed E-state index contributed by atoms with van der Waals surface area (Å²) >= 11 is 0. The van der Waals surface area contributed by atoms with E-state index in [2.05, 4.69) is 4.90 Å². The number of carbonyl (C=O) groups excluding carboxylic acids is 1. The molecule has 4 nitrogen and oxygen atoms in total. The minimum absolute atomic E-state index is 0.0849. The third kappa shape index (κ3) is 3.69. The van der Waals surface area contributed by atoms with Gasteiger partial charge in [-0.25, -0.2) is 0 Å². The van der Waals surface area contributed by atoms with Gasteiger partial charge in [-0.1, -0.05) is 25.7 Å². The van der Waals surface area contributed by atoms with Crippen LogP contribution in [0.2, 0.25) is 0 Å². The van der Waals surface area contributed by atoms with Crippen molar-refractivity contribution in [3.63, 3.8) is 0 Å². The maximum atomic E-state index is 12.9. The van der Waals surface area contributed by atoms with Crippen LogP contribution >= 0.6 is 0 Å². The second kappa shape index (κ2) is 8.18. The predicted octanol–water partition coefficient (Wildman–Crippen LogP) is 4.31. The first-order valence-electron chi connectivity index (χ1n) is 11.2. The Kier molecular flexibility index (Phi) is 5.90. The van der Waals surface area contributed by atoms with Crippen LogP contribution in [0.1, 0.15) is 83.5 Å². The molecule has 0 aromatic carbocycles. The van der Waals surface area contributed by atoms with Crippen LogP contribution in [0.5, 0.6) is 0 Å². The molecule has 4 heteroatoms. The Hall–Kier alpha value is -0.610. The van der Waals surface area contributed by atoms with E-state index in [0.717, 1.165) is 32.2 Å². The van der Waals surface area contributed by atoms with E-state index in [9.17, 15) is 4.79 Å². The molecule has 0 spiro atoms. The largest absolute Gasteiger partial charge is 0.456 e. The van der Waals surface area contributed by atoms with Crippen molar-refractivity contribution in [3.05, 3.63) is 0 Å². The van der Waals surface area contributed by atoms with Crippen LogP contribution in [0, 0.1) is 11.8 Å². The first-order valence-corrected chi connectivity index (χ1v) is 11.2. The number of rotatable bonds is 5. The lowest BCUT2D eigenvalue weighted by Gasteiger charge is -2.62. The van der Waals surface area contributed by atoms with E-state index in [-0.39, 0.29) is 11.6 Å². The Morgan fingerprint density at radius 1 is 0.962 bits per heavy atom. The highest BCUT2D eigenvalue weighted by Gasteiger charge is 2.59. The van der Waals surface area contributed by atoms with Gasteiger partial charge < -0.3 is 9.47 Å². The van der Waals surface area contributed by atoms with Crippen molar-refractivity contribution in [3.8, 4) is 0 Å². The molecule has 26 heavy (non-hydrogen) atoms. The van der Waals surface area contributed by atoms with Crippen LogP contribution in [0.4, 0.5) is 0 Å². The van der Waals surface area contributed by atoms with Crippen LogP contribution in [-0.2, 0) is 14.3 Å². The maximum absolute atomic E-state index is 12.9. The first kappa shape index (κ1) is 18.7. The zero-order chi connectivity index (χ0) is 18.0. The summed E-state index contributed by atoms with van der Waals surface area (Å²) in [7, 11) is 1.81. The van der Waals surface area contributed by atoms with Gasteiger partial charge in [0.2, 0.25) is 0 Å². The molecule has 4 fully saturated rings. The fourth-order valence-electron chi connectivity index (χ4n) is 6.28. The topological polar surface area (TPSA) is 38.8 Å². The van der Waals surface area contributed by atoms with Gasteiger partial charge in [0.15, 0.2) is 0 Å². The summed E-state index contributed by atoms with van der Waals surface area (Å²) in [6, 6.07) is 0.507. The van der Waals surface area contributed by atoms with Crippen molar-refractivity contribution >= 4 is 5.97 Å². The molecule has 2 heterocycles. The molecule has 2 atom stereocenters. The number of ether oxygens (including phenoxy) is 2. The number of hydrogen-bond acceptors (Lipinski definition) is 4. The predicted molar refractivity (Wildman–Crippen MR) is 102 cm³/mol. The van der Waals surface area contributed by atoms with E-state index in [1.54, 1.807) is 7.11 Å². The van der Waals surface area contributed by atoms with Gasteiger partial charge in [0, 0.05) is 26.0 Å². The molecule has 2 unspecified atom stereocenters. The molecule has 0 bridgehead atoms. The number of methoxy groups -OCH3 is 1. The lowest BCUT2D eigenvalue weighted by atomic mass is 9.65. The lowest BCUT2D eigenvalue weighted by molar-refractivity contribution is -0.229. The normalized spacial score (nSPS) is 39.0. The van der Waals surface area contributed by atoms with Gasteiger partial charge in [-0.05, 0) is 63.8 Å². The van der Waals surface area contributed by atoms with Crippen molar-refractivity contribution in [2.24, 2.45) is 11.8 Å². The quantitative estimate of drug-likeness (QED) is 0.682. The molecule has 2 saturated heterocycles. The summed E-state index contributed by atoms with van der Waals surface area (Å²) in [5.74, 6) is 1.19. The van der Waals surface area contributed by atoms with E-state index >= 15 is 0 Å². The molecule has 2 aliphatic carbocycles. The highest BCUT2D eigenvalue weighted by molar-refractivity contribution is 5.70. The van der Waals surface area contributed by atoms with Crippen molar-refractivity contribution in [1.82, 2.24) is 4.90 Å². The van der Waals surface area contributed by atoms with Crippen LogP contribution in [0.25, 0.3) is 0 Å². The molecule has 0 aromatic heterocycles. The van der Waals surface area contributed by atoms with Crippen LogP contribution in [-0.4, -0.2) is 48.8 Å². The van der Waals surface area contributed by atoms with Gasteiger partial charge in [-0.2, -0.15) is 0 Å². The molecule has 4 rings (SSSR count). The number of esters is 1. The van der Waals surface area contributed by atoms with Crippen molar-refractivity contribution in [2.45, 2.75) is 101 Å². The molecule has 148 valence electrons. The van der Waals surface area contributed by atoms with Crippen LogP contribution in [0.15, 0.2) is 0 Å². The molecular formula is C22H37NO3. The summed E-state index contributed by atoms with van der Waals surface area (Å²) < 4.78 is 11.9. The molecule has 0 amide bonds. The van der Waals surface area contributed by atoms with E-state index in [4.69, 9.17) is 9.47 Å². The Balaban J connectivity index is 1.38. The van der Waals surface area contributed by atoms with Gasteiger partial charge in [-0.15, -0.1) is 0 Å². The van der Waals surface area contributed by atoms with Gasteiger partial charge in [0.25, 0.3) is 0 Å². The molecule has 2 aliphatic heterocycles. The average Bonchev–Trinajstić information content (AvgIpc) is 2.67. The smallest absolute Gasteiger partial charge is 0.306 e. The summed E-state index contributed by atoms with van der Waals surface area (Å²) in [6.07, 6.45) is 15.8. The Bertz CT molecular complexity index is 472. The average molecular weight is 364 g/mol. The lowest BCUT2D eigenvalue weighted by Crippen LogP contribution is -2.75. The zero-order valence-electron chi connectivity index (χ0n) is 16.6. The number of piperidine rings is 1. The van der Waals surface area contributed by atoms with Crippen molar-refractivity contribution in [2.75, 3.05) is 20.2 Å². The fourth-order valence-corrected chi connectivity index (χ4v) is 6.28. The third-order valence-electron chi connectivity index (χ3n) is 7.81. The summed E-state index contributed by atoms with van der Waals surface area (Å²) in [6.45, 7) is 2.21. The minimum Gasteiger partial charge on any atom is -0.456 e. The van der Waals surface area contributed by atoms with Gasteiger partial charge in [0.05, 0.1) is 12.1 Å². The molecule has 0 aromatic rings. The standard InChI is InChI=1S/C22H37NO3/c1-25-19-12-10-17(11-13-19)15-21(24)26-22(18-7-3-2-4-8-18)16-23-14-6-5-9-20(22)23/h17-20H,2-16H2,1H3. The van der Waals surface area contributed by atoms with E-state index in [0.29, 0.717) is 30.4 Å². The second-order valence-corrected chi connectivity index (χ2v) is 9.33. The Labute approximate surface area is 159 Å². The maximum Gasteiger partial charge on any atom is 0.306 e. The minimum atomic E-state index is -0.151. The first-order chi connectivity index (χ1) is 12.7. The van der Waals surface area contributed by atoms with E-state index < -0.39 is 0 Å².